The van der Waals surface area contributed by atoms with Gasteiger partial charge in [-0.05, 0) is 32.4 Å². The summed E-state index contributed by atoms with van der Waals surface area (Å²) in [5.74, 6) is 1.01. The van der Waals surface area contributed by atoms with E-state index in [0.29, 0.717) is 29.2 Å². The Labute approximate surface area is 131 Å². The van der Waals surface area contributed by atoms with Crippen molar-refractivity contribution in [2.45, 2.75) is 20.8 Å². The first-order valence-corrected chi connectivity index (χ1v) is 7.33. The van der Waals surface area contributed by atoms with Crippen LogP contribution in [0.3, 0.4) is 0 Å². The van der Waals surface area contributed by atoms with Crippen molar-refractivity contribution >= 4 is 5.78 Å². The van der Waals surface area contributed by atoms with E-state index in [1.807, 2.05) is 45.0 Å². The Kier molecular flexibility index (Phi) is 5.37. The largest absolute Gasteiger partial charge is 0.489 e. The van der Waals surface area contributed by atoms with E-state index >= 15 is 0 Å². The molecule has 0 N–H and O–H groups in total. The number of ketones is 1. The van der Waals surface area contributed by atoms with Crippen LogP contribution in [0.15, 0.2) is 54.8 Å². The second kappa shape index (κ2) is 7.46. The second-order valence-corrected chi connectivity index (χ2v) is 4.80. The molecule has 0 fully saturated rings. The normalized spacial score (nSPS) is 10.7. The summed E-state index contributed by atoms with van der Waals surface area (Å²) in [5, 5.41) is 0. The zero-order valence-electron chi connectivity index (χ0n) is 13.1. The maximum atomic E-state index is 12.7. The molecule has 2 aromatic carbocycles. The molecule has 22 heavy (non-hydrogen) atoms. The van der Waals surface area contributed by atoms with E-state index < -0.39 is 0 Å². The molecule has 0 aliphatic rings. The van der Waals surface area contributed by atoms with Gasteiger partial charge in [0.05, 0.1) is 18.4 Å². The van der Waals surface area contributed by atoms with Gasteiger partial charge in [-0.25, -0.2) is 0 Å². The van der Waals surface area contributed by atoms with Crippen LogP contribution in [0.25, 0.3) is 0 Å². The Morgan fingerprint density at radius 3 is 2.45 bits per heavy atom. The summed E-state index contributed by atoms with van der Waals surface area (Å²) < 4.78 is 11.3. The molecular formula is C19H20O3. The molecule has 0 saturated carbocycles. The first-order valence-electron chi connectivity index (χ1n) is 7.33. The molecule has 0 atom stereocenters. The SMILES string of the molecule is CC=COc1c(C)ccc(C(=O)c2ccccc2)c1OCC. The van der Waals surface area contributed by atoms with Gasteiger partial charge in [-0.2, -0.15) is 0 Å². The molecular weight excluding hydrogens is 276 g/mol. The lowest BCUT2D eigenvalue weighted by Gasteiger charge is -2.15. The predicted molar refractivity (Wildman–Crippen MR) is 87.7 cm³/mol. The Morgan fingerprint density at radius 2 is 1.82 bits per heavy atom. The Hall–Kier alpha value is -2.55. The molecule has 0 bridgehead atoms. The highest BCUT2D eigenvalue weighted by Crippen LogP contribution is 2.36. The third kappa shape index (κ3) is 3.37. The molecule has 0 radical (unpaired) electrons. The summed E-state index contributed by atoms with van der Waals surface area (Å²) in [4.78, 5) is 12.7. The average molecular weight is 296 g/mol. The Bertz CT molecular complexity index is 673. The minimum absolute atomic E-state index is 0.0746. The third-order valence-corrected chi connectivity index (χ3v) is 3.20. The molecule has 0 aliphatic heterocycles. The zero-order chi connectivity index (χ0) is 15.9. The van der Waals surface area contributed by atoms with E-state index in [9.17, 15) is 4.79 Å². The summed E-state index contributed by atoms with van der Waals surface area (Å²) in [6, 6.07) is 12.8. The summed E-state index contributed by atoms with van der Waals surface area (Å²) >= 11 is 0. The Balaban J connectivity index is 2.53. The molecule has 3 nitrogen and oxygen atoms in total. The lowest BCUT2D eigenvalue weighted by molar-refractivity contribution is 0.103. The summed E-state index contributed by atoms with van der Waals surface area (Å²) in [5.41, 5.74) is 2.06. The number of allylic oxidation sites excluding steroid dienone is 1. The monoisotopic (exact) mass is 296 g/mol. The van der Waals surface area contributed by atoms with E-state index in [-0.39, 0.29) is 5.78 Å². The highest BCUT2D eigenvalue weighted by Gasteiger charge is 2.20. The molecule has 0 aliphatic carbocycles. The number of ether oxygens (including phenoxy) is 2. The average Bonchev–Trinajstić information content (AvgIpc) is 2.55. The van der Waals surface area contributed by atoms with Crippen LogP contribution >= 0.6 is 0 Å². The number of carbonyl (C=O) groups excluding carboxylic acids is 1. The fourth-order valence-electron chi connectivity index (χ4n) is 2.16. The van der Waals surface area contributed by atoms with Crippen molar-refractivity contribution in [1.82, 2.24) is 0 Å². The lowest BCUT2D eigenvalue weighted by atomic mass is 10.0. The van der Waals surface area contributed by atoms with E-state index in [1.54, 1.807) is 30.5 Å². The van der Waals surface area contributed by atoms with E-state index in [1.165, 1.54) is 0 Å². The maximum Gasteiger partial charge on any atom is 0.196 e. The van der Waals surface area contributed by atoms with Gasteiger partial charge in [-0.15, -0.1) is 0 Å². The molecule has 2 rings (SSSR count). The second-order valence-electron chi connectivity index (χ2n) is 4.80. The van der Waals surface area contributed by atoms with E-state index in [4.69, 9.17) is 9.47 Å². The van der Waals surface area contributed by atoms with Crippen LogP contribution in [0.4, 0.5) is 0 Å². The van der Waals surface area contributed by atoms with Crippen LogP contribution in [-0.2, 0) is 0 Å². The summed E-state index contributed by atoms with van der Waals surface area (Å²) in [7, 11) is 0. The third-order valence-electron chi connectivity index (χ3n) is 3.20. The van der Waals surface area contributed by atoms with Crippen molar-refractivity contribution in [3.63, 3.8) is 0 Å². The van der Waals surface area contributed by atoms with E-state index in [0.717, 1.165) is 5.56 Å². The predicted octanol–water partition coefficient (Wildman–Crippen LogP) is 4.54. The number of hydrogen-bond acceptors (Lipinski definition) is 3. The van der Waals surface area contributed by atoms with Gasteiger partial charge in [0.2, 0.25) is 0 Å². The van der Waals surface area contributed by atoms with Crippen LogP contribution in [0.1, 0.15) is 35.3 Å². The number of carbonyl (C=O) groups is 1. The number of benzene rings is 2. The molecule has 3 heteroatoms. The van der Waals surface area contributed by atoms with Crippen molar-refractivity contribution in [3.8, 4) is 11.5 Å². The van der Waals surface area contributed by atoms with Gasteiger partial charge in [0.15, 0.2) is 17.3 Å². The van der Waals surface area contributed by atoms with Crippen molar-refractivity contribution in [1.29, 1.82) is 0 Å². The molecule has 0 amide bonds. The summed E-state index contributed by atoms with van der Waals surface area (Å²) in [6.45, 7) is 6.15. The fourth-order valence-corrected chi connectivity index (χ4v) is 2.16. The van der Waals surface area contributed by atoms with Gasteiger partial charge in [-0.3, -0.25) is 4.79 Å². The highest BCUT2D eigenvalue weighted by atomic mass is 16.5. The van der Waals surface area contributed by atoms with Gasteiger partial charge in [0, 0.05) is 5.56 Å². The van der Waals surface area contributed by atoms with Gasteiger partial charge in [0.1, 0.15) is 0 Å². The molecule has 114 valence electrons. The van der Waals surface area contributed by atoms with Gasteiger partial charge in [-0.1, -0.05) is 42.5 Å². The zero-order valence-corrected chi connectivity index (χ0v) is 13.1. The summed E-state index contributed by atoms with van der Waals surface area (Å²) in [6.07, 6.45) is 3.38. The van der Waals surface area contributed by atoms with Crippen molar-refractivity contribution in [2.24, 2.45) is 0 Å². The fraction of sp³-hybridized carbons (Fsp3) is 0.211. The van der Waals surface area contributed by atoms with Crippen molar-refractivity contribution in [3.05, 3.63) is 71.5 Å². The van der Waals surface area contributed by atoms with Crippen molar-refractivity contribution < 1.29 is 14.3 Å². The molecule has 0 saturated heterocycles. The number of hydrogen-bond donors (Lipinski definition) is 0. The molecule has 0 unspecified atom stereocenters. The first-order chi connectivity index (χ1) is 10.7. The van der Waals surface area contributed by atoms with Gasteiger partial charge >= 0.3 is 0 Å². The minimum Gasteiger partial charge on any atom is -0.489 e. The van der Waals surface area contributed by atoms with E-state index in [2.05, 4.69) is 0 Å². The van der Waals surface area contributed by atoms with Gasteiger partial charge in [0.25, 0.3) is 0 Å². The maximum absolute atomic E-state index is 12.7. The molecule has 0 spiro atoms. The molecule has 0 aromatic heterocycles. The molecule has 0 heterocycles. The van der Waals surface area contributed by atoms with Crippen LogP contribution in [-0.4, -0.2) is 12.4 Å². The smallest absolute Gasteiger partial charge is 0.196 e. The standard InChI is InChI=1S/C19H20O3/c1-4-13-22-18-14(3)11-12-16(19(18)21-5-2)17(20)15-9-7-6-8-10-15/h4,6-13H,5H2,1-3H3. The van der Waals surface area contributed by atoms with Gasteiger partial charge < -0.3 is 9.47 Å². The van der Waals surface area contributed by atoms with Crippen LogP contribution in [0.5, 0.6) is 11.5 Å². The Morgan fingerprint density at radius 1 is 1.09 bits per heavy atom. The van der Waals surface area contributed by atoms with Crippen LogP contribution in [0.2, 0.25) is 0 Å². The highest BCUT2D eigenvalue weighted by molar-refractivity contribution is 6.11. The van der Waals surface area contributed by atoms with Crippen molar-refractivity contribution in [2.75, 3.05) is 6.61 Å². The topological polar surface area (TPSA) is 35.5 Å². The first kappa shape index (κ1) is 15.8. The number of aryl methyl sites for hydroxylation is 1. The minimum atomic E-state index is -0.0746. The van der Waals surface area contributed by atoms with Crippen LogP contribution in [0, 0.1) is 6.92 Å². The molecule has 2 aromatic rings. The van der Waals surface area contributed by atoms with Crippen LogP contribution < -0.4 is 9.47 Å². The lowest BCUT2D eigenvalue weighted by Crippen LogP contribution is -2.07. The number of rotatable bonds is 6. The quantitative estimate of drug-likeness (QED) is 0.580.